The third-order valence-electron chi connectivity index (χ3n) is 10.4. The van der Waals surface area contributed by atoms with E-state index in [0.717, 1.165) is 61.8 Å². The van der Waals surface area contributed by atoms with Crippen LogP contribution in [0.15, 0.2) is 23.8 Å². The third kappa shape index (κ3) is 5.93. The minimum Gasteiger partial charge on any atom is -0.508 e. The molecule has 1 aromatic carbocycles. The molecule has 2 atom stereocenters. The van der Waals surface area contributed by atoms with Gasteiger partial charge in [0.1, 0.15) is 34.8 Å². The molecule has 12 heteroatoms. The number of phenols is 1. The highest BCUT2D eigenvalue weighted by Crippen LogP contribution is 2.45. The Balaban J connectivity index is 1.33. The van der Waals surface area contributed by atoms with Crippen LogP contribution in [0.2, 0.25) is 0 Å². The summed E-state index contributed by atoms with van der Waals surface area (Å²) < 4.78 is 35.1. The predicted octanol–water partition coefficient (Wildman–Crippen LogP) is 4.84. The molecular formula is C36H45FN6O5. The molecular weight excluding hydrogens is 615 g/mol. The number of methoxy groups -OCH3 is 1. The number of ether oxygens (including phenoxy) is 3. The van der Waals surface area contributed by atoms with Gasteiger partial charge in [0.05, 0.1) is 19.3 Å². The number of carbonyl (C=O) groups is 1. The highest BCUT2D eigenvalue weighted by molar-refractivity contribution is 5.97. The molecule has 4 aliphatic rings. The van der Waals surface area contributed by atoms with E-state index in [0.29, 0.717) is 62.6 Å². The number of aromatic nitrogens is 3. The molecule has 1 amide bonds. The number of pyridine rings is 1. The second-order valence-corrected chi connectivity index (χ2v) is 13.9. The van der Waals surface area contributed by atoms with Crippen molar-refractivity contribution in [1.82, 2.24) is 24.8 Å². The van der Waals surface area contributed by atoms with E-state index in [1.54, 1.807) is 37.2 Å². The van der Waals surface area contributed by atoms with Gasteiger partial charge in [-0.15, -0.1) is 0 Å². The van der Waals surface area contributed by atoms with Gasteiger partial charge in [0, 0.05) is 52.0 Å². The van der Waals surface area contributed by atoms with E-state index in [-0.39, 0.29) is 46.2 Å². The van der Waals surface area contributed by atoms with Crippen LogP contribution in [0.1, 0.15) is 62.5 Å². The summed E-state index contributed by atoms with van der Waals surface area (Å²) in [7, 11) is 5.03. The van der Waals surface area contributed by atoms with Crippen LogP contribution in [0.25, 0.3) is 22.2 Å². The van der Waals surface area contributed by atoms with Gasteiger partial charge >= 0.3 is 6.01 Å². The summed E-state index contributed by atoms with van der Waals surface area (Å²) in [6.45, 7) is 6.42. The maximum absolute atomic E-state index is 17.1. The van der Waals surface area contributed by atoms with Crippen molar-refractivity contribution < 1.29 is 28.5 Å². The molecule has 0 spiro atoms. The molecule has 2 aromatic heterocycles. The normalized spacial score (nSPS) is 23.6. The molecule has 3 fully saturated rings. The van der Waals surface area contributed by atoms with Crippen molar-refractivity contribution in [3.05, 3.63) is 40.7 Å². The first-order valence-corrected chi connectivity index (χ1v) is 17.1. The van der Waals surface area contributed by atoms with Crippen LogP contribution < -0.4 is 14.4 Å². The van der Waals surface area contributed by atoms with Crippen molar-refractivity contribution in [2.24, 2.45) is 0 Å². The topological polar surface area (TPSA) is 113 Å². The lowest BCUT2D eigenvalue weighted by molar-refractivity contribution is -0.123. The Labute approximate surface area is 280 Å². The average Bonchev–Trinajstić information content (AvgIpc) is 3.47. The zero-order valence-corrected chi connectivity index (χ0v) is 28.4. The minimum absolute atomic E-state index is 0.0255. The van der Waals surface area contributed by atoms with Gasteiger partial charge in [-0.25, -0.2) is 9.37 Å². The first kappa shape index (κ1) is 32.5. The summed E-state index contributed by atoms with van der Waals surface area (Å²) in [5.41, 5.74) is 3.51. The quantitative estimate of drug-likeness (QED) is 0.353. The lowest BCUT2D eigenvalue weighted by atomic mass is 9.80. The zero-order valence-electron chi connectivity index (χ0n) is 28.4. The number of benzene rings is 1. The van der Waals surface area contributed by atoms with Crippen molar-refractivity contribution in [2.75, 3.05) is 72.1 Å². The number of anilines is 1. The van der Waals surface area contributed by atoms with E-state index in [4.69, 9.17) is 29.2 Å². The van der Waals surface area contributed by atoms with E-state index in [9.17, 15) is 9.90 Å². The number of fused-ring (bicyclic) bond motifs is 3. The Morgan fingerprint density at radius 1 is 1.17 bits per heavy atom. The number of nitrogens with zero attached hydrogens (tertiary/aromatic N) is 6. The highest BCUT2D eigenvalue weighted by Gasteiger charge is 2.47. The van der Waals surface area contributed by atoms with Gasteiger partial charge in [0.15, 0.2) is 5.82 Å². The van der Waals surface area contributed by atoms with Gasteiger partial charge in [-0.2, -0.15) is 9.97 Å². The van der Waals surface area contributed by atoms with E-state index in [1.165, 1.54) is 7.11 Å². The van der Waals surface area contributed by atoms with E-state index >= 15 is 4.39 Å². The number of rotatable bonds is 7. The van der Waals surface area contributed by atoms with Crippen molar-refractivity contribution in [3.63, 3.8) is 0 Å². The lowest BCUT2D eigenvalue weighted by Crippen LogP contribution is -2.43. The number of amides is 1. The highest BCUT2D eigenvalue weighted by atomic mass is 19.1. The largest absolute Gasteiger partial charge is 0.508 e. The van der Waals surface area contributed by atoms with Gasteiger partial charge in [-0.1, -0.05) is 6.92 Å². The Hall–Kier alpha value is -4.03. The molecule has 11 nitrogen and oxygen atoms in total. The predicted molar refractivity (Wildman–Crippen MR) is 180 cm³/mol. The molecule has 7 rings (SSSR count). The van der Waals surface area contributed by atoms with Crippen LogP contribution in [-0.2, 0) is 16.0 Å². The van der Waals surface area contributed by atoms with Gasteiger partial charge < -0.3 is 29.1 Å². The van der Waals surface area contributed by atoms with Crippen LogP contribution in [0.5, 0.6) is 17.6 Å². The zero-order chi connectivity index (χ0) is 33.6. The fourth-order valence-electron chi connectivity index (χ4n) is 8.08. The van der Waals surface area contributed by atoms with Crippen molar-refractivity contribution in [2.45, 2.75) is 63.3 Å². The summed E-state index contributed by atoms with van der Waals surface area (Å²) in [6.07, 6.45) is 7.98. The number of likely N-dealkylation sites (N-methyl/N-ethyl adjacent to an activating group) is 1. The number of aromatic hydroxyl groups is 1. The molecule has 5 heterocycles. The van der Waals surface area contributed by atoms with Gasteiger partial charge in [0.2, 0.25) is 11.8 Å². The molecule has 0 radical (unpaired) electrons. The molecule has 256 valence electrons. The molecule has 48 heavy (non-hydrogen) atoms. The number of carbonyl (C=O) groups excluding carboxylic acids is 1. The Morgan fingerprint density at radius 2 is 2.02 bits per heavy atom. The number of hydrogen-bond acceptors (Lipinski definition) is 10. The number of hydrogen-bond donors (Lipinski definition) is 1. The fourth-order valence-corrected chi connectivity index (χ4v) is 8.08. The smallest absolute Gasteiger partial charge is 0.319 e. The first-order chi connectivity index (χ1) is 23.2. The SMILES string of the molecule is COc1nc(-c2cc(O)cc3c2C(C)CCC3)c(F)c2nc(OCC34CCCN3C/C(=C\C(=O)N(C)C)C4)nc(N3CCCOCC3)c12. The number of phenolic OH excluding ortho intramolecular Hbond substituents is 1. The maximum atomic E-state index is 17.1. The summed E-state index contributed by atoms with van der Waals surface area (Å²) in [5.74, 6) is 0.326. The van der Waals surface area contributed by atoms with E-state index < -0.39 is 5.82 Å². The van der Waals surface area contributed by atoms with Crippen molar-refractivity contribution in [1.29, 1.82) is 0 Å². The Morgan fingerprint density at radius 3 is 2.83 bits per heavy atom. The second kappa shape index (κ2) is 13.1. The molecule has 3 aromatic rings. The van der Waals surface area contributed by atoms with Crippen LogP contribution in [0.3, 0.4) is 0 Å². The molecule has 0 saturated carbocycles. The van der Waals surface area contributed by atoms with Gasteiger partial charge in [-0.05, 0) is 86.2 Å². The summed E-state index contributed by atoms with van der Waals surface area (Å²) >= 11 is 0. The fraction of sp³-hybridized carbons (Fsp3) is 0.556. The standard InChI is InChI=1S/C36H45FN6O5/c1-22-8-5-9-24-17-25(44)18-26(28(22)24)31-30(37)32-29(34(38-31)46-4)33(42-11-7-14-47-15-13-42)40-35(39-32)48-21-36-10-6-12-43(36)20-23(19-36)16-27(45)41(2)3/h16-18,22,44H,5-15,19-21H2,1-4H3/b23-16-. The third-order valence-corrected chi connectivity index (χ3v) is 10.4. The molecule has 1 aliphatic carbocycles. The molecule has 2 unspecified atom stereocenters. The van der Waals surface area contributed by atoms with Crippen LogP contribution in [0, 0.1) is 5.82 Å². The van der Waals surface area contributed by atoms with Crippen LogP contribution in [0.4, 0.5) is 10.2 Å². The summed E-state index contributed by atoms with van der Waals surface area (Å²) in [4.78, 5) is 32.9. The summed E-state index contributed by atoms with van der Waals surface area (Å²) in [6, 6.07) is 3.46. The van der Waals surface area contributed by atoms with Gasteiger partial charge in [0.25, 0.3) is 0 Å². The molecule has 0 bridgehead atoms. The number of halogens is 1. The van der Waals surface area contributed by atoms with Crippen LogP contribution in [-0.4, -0.2) is 109 Å². The molecule has 3 aliphatic heterocycles. The first-order valence-electron chi connectivity index (χ1n) is 17.1. The Kier molecular flexibility index (Phi) is 8.88. The van der Waals surface area contributed by atoms with E-state index in [1.807, 2.05) is 0 Å². The summed E-state index contributed by atoms with van der Waals surface area (Å²) in [5, 5.41) is 11.1. The van der Waals surface area contributed by atoms with Crippen LogP contribution >= 0.6 is 0 Å². The number of aryl methyl sites for hydroxylation is 1. The Bertz CT molecular complexity index is 1760. The van der Waals surface area contributed by atoms with E-state index in [2.05, 4.69) is 16.7 Å². The monoisotopic (exact) mass is 660 g/mol. The molecule has 1 N–H and O–H groups in total. The lowest BCUT2D eigenvalue weighted by Gasteiger charge is -2.31. The molecule has 3 saturated heterocycles. The average molecular weight is 661 g/mol. The minimum atomic E-state index is -0.607. The second-order valence-electron chi connectivity index (χ2n) is 13.9. The van der Waals surface area contributed by atoms with Crippen molar-refractivity contribution in [3.8, 4) is 28.9 Å². The maximum Gasteiger partial charge on any atom is 0.319 e. The van der Waals surface area contributed by atoms with Crippen molar-refractivity contribution >= 4 is 22.6 Å². The van der Waals surface area contributed by atoms with Gasteiger partial charge in [-0.3, -0.25) is 9.69 Å².